The molecule has 2 N–H and O–H groups in total. The topological polar surface area (TPSA) is 59.2 Å². The molecule has 0 radical (unpaired) electrons. The van der Waals surface area contributed by atoms with E-state index in [0.29, 0.717) is 13.1 Å². The Morgan fingerprint density at radius 3 is 2.45 bits per heavy atom. The lowest BCUT2D eigenvalue weighted by Gasteiger charge is -2.14. The van der Waals surface area contributed by atoms with Crippen molar-refractivity contribution < 1.29 is 5.11 Å². The van der Waals surface area contributed by atoms with Gasteiger partial charge in [-0.05, 0) is 25.0 Å². The van der Waals surface area contributed by atoms with E-state index < -0.39 is 6.10 Å². The number of hydrogen-bond acceptors (Lipinski definition) is 3. The van der Waals surface area contributed by atoms with Gasteiger partial charge in [0.25, 0.3) is 5.56 Å². The van der Waals surface area contributed by atoms with Gasteiger partial charge in [-0.25, -0.2) is 4.68 Å². The van der Waals surface area contributed by atoms with Gasteiger partial charge in [-0.3, -0.25) is 9.48 Å². The van der Waals surface area contributed by atoms with E-state index in [1.165, 1.54) is 0 Å². The fraction of sp³-hybridized carbons (Fsp3) is 0.471. The van der Waals surface area contributed by atoms with E-state index >= 15 is 0 Å². The van der Waals surface area contributed by atoms with Crippen molar-refractivity contribution in [2.75, 3.05) is 6.54 Å². The van der Waals surface area contributed by atoms with Crippen LogP contribution in [0.4, 0.5) is 0 Å². The van der Waals surface area contributed by atoms with Crippen molar-refractivity contribution in [3.05, 3.63) is 51.9 Å². The Balaban J connectivity index is 2.22. The first-order chi connectivity index (χ1) is 10.4. The Hall–Kier alpha value is -1.85. The van der Waals surface area contributed by atoms with E-state index in [1.807, 2.05) is 62.8 Å². The highest BCUT2D eigenvalue weighted by molar-refractivity contribution is 5.33. The minimum absolute atomic E-state index is 0.0160. The predicted molar refractivity (Wildman–Crippen MR) is 88.3 cm³/mol. The van der Waals surface area contributed by atoms with E-state index in [1.54, 1.807) is 4.68 Å². The van der Waals surface area contributed by atoms with Crippen LogP contribution in [0.25, 0.3) is 5.69 Å². The minimum Gasteiger partial charge on any atom is -0.392 e. The van der Waals surface area contributed by atoms with E-state index in [2.05, 4.69) is 5.32 Å². The molecule has 0 aliphatic carbocycles. The zero-order chi connectivity index (χ0) is 16.3. The fourth-order valence-electron chi connectivity index (χ4n) is 2.41. The summed E-state index contributed by atoms with van der Waals surface area (Å²) in [6.07, 6.45) is -0.402. The van der Waals surface area contributed by atoms with Crippen LogP contribution in [0.5, 0.6) is 0 Å². The number of nitrogens with zero attached hydrogens (tertiary/aromatic N) is 2. The predicted octanol–water partition coefficient (Wildman–Crippen LogP) is 1.59. The average molecular weight is 303 g/mol. The summed E-state index contributed by atoms with van der Waals surface area (Å²) >= 11 is 0. The Bertz CT molecular complexity index is 671. The molecule has 5 heteroatoms. The summed E-state index contributed by atoms with van der Waals surface area (Å²) in [4.78, 5) is 12.7. The molecule has 0 saturated carbocycles. The number of nitrogens with one attached hydrogen (secondary N) is 1. The van der Waals surface area contributed by atoms with Gasteiger partial charge >= 0.3 is 0 Å². The Kier molecular flexibility index (Phi) is 5.21. The number of benzene rings is 1. The number of aliphatic hydroxyl groups excluding tert-OH is 1. The van der Waals surface area contributed by atoms with Crippen molar-refractivity contribution in [2.24, 2.45) is 13.0 Å². The number of hydrogen-bond donors (Lipinski definition) is 2. The number of aliphatic hydroxyl groups is 1. The molecule has 1 heterocycles. The lowest BCUT2D eigenvalue weighted by Crippen LogP contribution is -2.31. The van der Waals surface area contributed by atoms with Gasteiger partial charge < -0.3 is 10.4 Å². The monoisotopic (exact) mass is 303 g/mol. The third-order valence-corrected chi connectivity index (χ3v) is 4.10. The van der Waals surface area contributed by atoms with Gasteiger partial charge in [-0.2, -0.15) is 0 Å². The first-order valence-electron chi connectivity index (χ1n) is 7.65. The lowest BCUT2D eigenvalue weighted by atomic mass is 10.1. The van der Waals surface area contributed by atoms with Crippen LogP contribution in [-0.2, 0) is 13.6 Å². The summed E-state index contributed by atoms with van der Waals surface area (Å²) < 4.78 is 3.54. The third-order valence-electron chi connectivity index (χ3n) is 4.10. The molecule has 0 aliphatic rings. The van der Waals surface area contributed by atoms with Crippen molar-refractivity contribution >= 4 is 0 Å². The Morgan fingerprint density at radius 2 is 1.86 bits per heavy atom. The Morgan fingerprint density at radius 1 is 1.23 bits per heavy atom. The van der Waals surface area contributed by atoms with E-state index in [-0.39, 0.29) is 11.5 Å². The zero-order valence-electron chi connectivity index (χ0n) is 13.7. The first-order valence-corrected chi connectivity index (χ1v) is 7.65. The minimum atomic E-state index is -0.402. The summed E-state index contributed by atoms with van der Waals surface area (Å²) in [6.45, 7) is 6.83. The maximum atomic E-state index is 12.7. The summed E-state index contributed by atoms with van der Waals surface area (Å²) in [5, 5.41) is 13.0. The molecular formula is C17H25N3O2. The standard InChI is InChI=1S/C17H25N3O2/c1-12(2)16(21)11-18-10-15-13(3)19(4)20(17(15)22)14-8-6-5-7-9-14/h5-9,12,16,18,21H,10-11H2,1-4H3. The van der Waals surface area contributed by atoms with Crippen molar-refractivity contribution in [2.45, 2.75) is 33.4 Å². The molecule has 1 aromatic heterocycles. The highest BCUT2D eigenvalue weighted by Crippen LogP contribution is 2.10. The summed E-state index contributed by atoms with van der Waals surface area (Å²) in [7, 11) is 1.89. The molecule has 0 fully saturated rings. The molecule has 2 aromatic rings. The second-order valence-electron chi connectivity index (χ2n) is 5.98. The quantitative estimate of drug-likeness (QED) is 0.852. The van der Waals surface area contributed by atoms with Gasteiger partial charge in [0.1, 0.15) is 0 Å². The number of aromatic nitrogens is 2. The van der Waals surface area contributed by atoms with Crippen LogP contribution in [0.3, 0.4) is 0 Å². The SMILES string of the molecule is Cc1c(CNCC(O)C(C)C)c(=O)n(-c2ccccc2)n1C. The van der Waals surface area contributed by atoms with Crippen LogP contribution >= 0.6 is 0 Å². The summed E-state index contributed by atoms with van der Waals surface area (Å²) in [5.41, 5.74) is 2.51. The zero-order valence-corrected chi connectivity index (χ0v) is 13.7. The average Bonchev–Trinajstić information content (AvgIpc) is 2.71. The van der Waals surface area contributed by atoms with Crippen LogP contribution in [0, 0.1) is 12.8 Å². The Labute approximate surface area is 131 Å². The van der Waals surface area contributed by atoms with Crippen LogP contribution < -0.4 is 10.9 Å². The smallest absolute Gasteiger partial charge is 0.276 e. The maximum absolute atomic E-state index is 12.7. The van der Waals surface area contributed by atoms with Crippen LogP contribution in [0.15, 0.2) is 35.1 Å². The highest BCUT2D eigenvalue weighted by atomic mass is 16.3. The second-order valence-corrected chi connectivity index (χ2v) is 5.98. The van der Waals surface area contributed by atoms with Gasteiger partial charge in [0, 0.05) is 25.8 Å². The molecule has 1 unspecified atom stereocenters. The molecule has 1 aromatic carbocycles. The van der Waals surface area contributed by atoms with Gasteiger partial charge in [-0.1, -0.05) is 32.0 Å². The molecule has 0 spiro atoms. The molecule has 0 amide bonds. The van der Waals surface area contributed by atoms with E-state index in [9.17, 15) is 9.90 Å². The van der Waals surface area contributed by atoms with Gasteiger partial charge in [-0.15, -0.1) is 0 Å². The van der Waals surface area contributed by atoms with Crippen molar-refractivity contribution in [1.82, 2.24) is 14.7 Å². The first kappa shape index (κ1) is 16.5. The normalized spacial score (nSPS) is 12.8. The molecule has 5 nitrogen and oxygen atoms in total. The fourth-order valence-corrected chi connectivity index (χ4v) is 2.41. The van der Waals surface area contributed by atoms with Crippen molar-refractivity contribution in [1.29, 1.82) is 0 Å². The molecule has 2 rings (SSSR count). The number of rotatable bonds is 6. The van der Waals surface area contributed by atoms with Gasteiger partial charge in [0.15, 0.2) is 0 Å². The number of para-hydroxylation sites is 1. The molecule has 1 atom stereocenters. The second kappa shape index (κ2) is 6.94. The molecule has 0 aliphatic heterocycles. The van der Waals surface area contributed by atoms with Crippen molar-refractivity contribution in [3.63, 3.8) is 0 Å². The van der Waals surface area contributed by atoms with E-state index in [4.69, 9.17) is 0 Å². The molecule has 22 heavy (non-hydrogen) atoms. The van der Waals surface area contributed by atoms with Gasteiger partial charge in [0.05, 0.1) is 17.4 Å². The lowest BCUT2D eigenvalue weighted by molar-refractivity contribution is 0.123. The van der Waals surface area contributed by atoms with Crippen LogP contribution in [-0.4, -0.2) is 27.1 Å². The van der Waals surface area contributed by atoms with Crippen LogP contribution in [0.1, 0.15) is 25.1 Å². The highest BCUT2D eigenvalue weighted by Gasteiger charge is 2.16. The van der Waals surface area contributed by atoms with Crippen LogP contribution in [0.2, 0.25) is 0 Å². The molecule has 0 bridgehead atoms. The van der Waals surface area contributed by atoms with E-state index in [0.717, 1.165) is 16.9 Å². The summed E-state index contributed by atoms with van der Waals surface area (Å²) in [5.74, 6) is 0.199. The third kappa shape index (κ3) is 3.31. The molecular weight excluding hydrogens is 278 g/mol. The van der Waals surface area contributed by atoms with Gasteiger partial charge in [0.2, 0.25) is 0 Å². The largest absolute Gasteiger partial charge is 0.392 e. The maximum Gasteiger partial charge on any atom is 0.276 e. The molecule has 0 saturated heterocycles. The summed E-state index contributed by atoms with van der Waals surface area (Å²) in [6, 6.07) is 9.60. The molecule has 120 valence electrons. The van der Waals surface area contributed by atoms with Crippen molar-refractivity contribution in [3.8, 4) is 5.69 Å².